The first-order valence-electron chi connectivity index (χ1n) is 8.55. The van der Waals surface area contributed by atoms with E-state index in [0.717, 1.165) is 18.6 Å². The quantitative estimate of drug-likeness (QED) is 0.627. The molecule has 22 heavy (non-hydrogen) atoms. The van der Waals surface area contributed by atoms with Gasteiger partial charge in [0.2, 0.25) is 5.91 Å². The molecule has 0 aromatic carbocycles. The minimum Gasteiger partial charge on any atom is -0.379 e. The first kappa shape index (κ1) is 17.4. The van der Waals surface area contributed by atoms with Crippen LogP contribution in [0, 0.1) is 11.8 Å². The number of nitrogens with zero attached hydrogens (tertiary/aromatic N) is 1. The number of rotatable bonds is 5. The van der Waals surface area contributed by atoms with Crippen LogP contribution in [0.3, 0.4) is 0 Å². The smallest absolute Gasteiger partial charge is 0.243 e. The fourth-order valence-corrected chi connectivity index (χ4v) is 3.70. The third-order valence-corrected chi connectivity index (χ3v) is 5.25. The molecule has 2 rings (SSSR count). The van der Waals surface area contributed by atoms with E-state index in [1.807, 2.05) is 6.92 Å². The van der Waals surface area contributed by atoms with Gasteiger partial charge in [0.1, 0.15) is 0 Å². The Morgan fingerprint density at radius 2 is 1.64 bits per heavy atom. The maximum Gasteiger partial charge on any atom is 0.243 e. The maximum absolute atomic E-state index is 12.3. The van der Waals surface area contributed by atoms with Crippen molar-refractivity contribution in [3.8, 4) is 0 Å². The van der Waals surface area contributed by atoms with E-state index in [9.17, 15) is 4.79 Å². The van der Waals surface area contributed by atoms with Crippen LogP contribution < -0.4 is 5.43 Å². The highest BCUT2D eigenvalue weighted by Crippen LogP contribution is 2.28. The fraction of sp³-hybridized carbons (Fsp3) is 0.882. The molecule has 0 radical (unpaired) electrons. The summed E-state index contributed by atoms with van der Waals surface area (Å²) in [5.41, 5.74) is 3.85. The van der Waals surface area contributed by atoms with Gasteiger partial charge in [0.05, 0.1) is 12.2 Å². The van der Waals surface area contributed by atoms with Crippen LogP contribution in [-0.4, -0.2) is 38.0 Å². The van der Waals surface area contributed by atoms with Gasteiger partial charge in [-0.2, -0.15) is 5.10 Å². The monoisotopic (exact) mass is 310 g/mol. The molecule has 3 atom stereocenters. The van der Waals surface area contributed by atoms with E-state index < -0.39 is 0 Å². The molecule has 2 aliphatic rings. The summed E-state index contributed by atoms with van der Waals surface area (Å²) in [5, 5.41) is 4.36. The van der Waals surface area contributed by atoms with Crippen molar-refractivity contribution in [2.45, 2.75) is 70.5 Å². The van der Waals surface area contributed by atoms with Gasteiger partial charge in [0.15, 0.2) is 0 Å². The van der Waals surface area contributed by atoms with E-state index in [1.165, 1.54) is 32.1 Å². The lowest BCUT2D eigenvalue weighted by molar-refractivity contribution is -0.131. The van der Waals surface area contributed by atoms with E-state index in [-0.39, 0.29) is 24.0 Å². The van der Waals surface area contributed by atoms with Crippen molar-refractivity contribution >= 4 is 11.6 Å². The van der Waals surface area contributed by atoms with Crippen LogP contribution in [0.25, 0.3) is 0 Å². The summed E-state index contributed by atoms with van der Waals surface area (Å²) in [6, 6.07) is 0. The molecule has 1 N–H and O–H groups in total. The van der Waals surface area contributed by atoms with Gasteiger partial charge in [0, 0.05) is 25.8 Å². The van der Waals surface area contributed by atoms with Gasteiger partial charge in [-0.15, -0.1) is 0 Å². The van der Waals surface area contributed by atoms with E-state index in [4.69, 9.17) is 9.47 Å². The zero-order valence-electron chi connectivity index (χ0n) is 14.1. The zero-order valence-corrected chi connectivity index (χ0v) is 14.1. The number of hydrogen-bond acceptors (Lipinski definition) is 4. The number of amides is 1. The van der Waals surface area contributed by atoms with Gasteiger partial charge in [-0.3, -0.25) is 4.79 Å². The number of hydrazone groups is 1. The van der Waals surface area contributed by atoms with Gasteiger partial charge >= 0.3 is 0 Å². The number of ether oxygens (including phenoxy) is 2. The summed E-state index contributed by atoms with van der Waals surface area (Å²) in [4.78, 5) is 12.3. The van der Waals surface area contributed by atoms with Crippen LogP contribution >= 0.6 is 0 Å². The van der Waals surface area contributed by atoms with Gasteiger partial charge in [-0.1, -0.05) is 19.3 Å². The Balaban J connectivity index is 1.84. The minimum absolute atomic E-state index is 0.00192. The number of hydrogen-bond donors (Lipinski definition) is 1. The first-order chi connectivity index (χ1) is 10.7. The Labute approximate surface area is 133 Å². The van der Waals surface area contributed by atoms with Gasteiger partial charge < -0.3 is 9.47 Å². The Bertz CT molecular complexity index is 391. The summed E-state index contributed by atoms with van der Waals surface area (Å²) in [6.45, 7) is 2.04. The Morgan fingerprint density at radius 3 is 2.27 bits per heavy atom. The van der Waals surface area contributed by atoms with Crippen molar-refractivity contribution in [1.82, 2.24) is 5.43 Å². The highest BCUT2D eigenvalue weighted by atomic mass is 16.5. The third-order valence-electron chi connectivity index (χ3n) is 5.25. The molecular weight excluding hydrogens is 280 g/mol. The molecule has 0 heterocycles. The summed E-state index contributed by atoms with van der Waals surface area (Å²) in [6.07, 6.45) is 8.80. The molecule has 126 valence electrons. The fourth-order valence-electron chi connectivity index (χ4n) is 3.70. The van der Waals surface area contributed by atoms with Crippen LogP contribution in [0.5, 0.6) is 0 Å². The molecule has 0 saturated heterocycles. The molecule has 2 saturated carbocycles. The topological polar surface area (TPSA) is 59.9 Å². The molecule has 5 nitrogen and oxygen atoms in total. The van der Waals surface area contributed by atoms with Crippen molar-refractivity contribution in [1.29, 1.82) is 0 Å². The van der Waals surface area contributed by atoms with Crippen molar-refractivity contribution in [2.75, 3.05) is 14.2 Å². The normalized spacial score (nSPS) is 31.0. The van der Waals surface area contributed by atoms with Crippen molar-refractivity contribution in [3.63, 3.8) is 0 Å². The highest BCUT2D eigenvalue weighted by Gasteiger charge is 2.34. The first-order valence-corrected chi connectivity index (χ1v) is 8.55. The predicted octanol–water partition coefficient (Wildman–Crippen LogP) is 2.89. The minimum atomic E-state index is -0.0285. The van der Waals surface area contributed by atoms with Gasteiger partial charge in [0.25, 0.3) is 0 Å². The third kappa shape index (κ3) is 4.53. The molecule has 3 unspecified atom stereocenters. The predicted molar refractivity (Wildman–Crippen MR) is 86.8 cm³/mol. The van der Waals surface area contributed by atoms with Crippen molar-refractivity contribution < 1.29 is 14.3 Å². The van der Waals surface area contributed by atoms with E-state index in [1.54, 1.807) is 14.2 Å². The Hall–Kier alpha value is -0.940. The van der Waals surface area contributed by atoms with Crippen molar-refractivity contribution in [2.24, 2.45) is 16.9 Å². The highest BCUT2D eigenvalue weighted by molar-refractivity contribution is 5.86. The van der Waals surface area contributed by atoms with Crippen LogP contribution in [0.1, 0.15) is 58.3 Å². The molecule has 5 heteroatoms. The summed E-state index contributed by atoms with van der Waals surface area (Å²) < 4.78 is 10.9. The lowest BCUT2D eigenvalue weighted by atomic mass is 9.84. The van der Waals surface area contributed by atoms with Gasteiger partial charge in [-0.25, -0.2) is 5.43 Å². The second kappa shape index (κ2) is 8.63. The summed E-state index contributed by atoms with van der Waals surface area (Å²) >= 11 is 0. The van der Waals surface area contributed by atoms with E-state index >= 15 is 0 Å². The number of methoxy groups -OCH3 is 2. The van der Waals surface area contributed by atoms with Crippen molar-refractivity contribution in [3.05, 3.63) is 0 Å². The molecule has 1 amide bonds. The lowest BCUT2D eigenvalue weighted by Crippen LogP contribution is -2.41. The van der Waals surface area contributed by atoms with E-state index in [0.29, 0.717) is 12.3 Å². The average molecular weight is 310 g/mol. The summed E-state index contributed by atoms with van der Waals surface area (Å²) in [5.74, 6) is 0.538. The van der Waals surface area contributed by atoms with Crippen LogP contribution in [0.4, 0.5) is 0 Å². The number of carbonyl (C=O) groups is 1. The van der Waals surface area contributed by atoms with E-state index in [2.05, 4.69) is 10.5 Å². The molecule has 0 aliphatic heterocycles. The molecule has 0 bridgehead atoms. The van der Waals surface area contributed by atoms with Crippen LogP contribution in [0.2, 0.25) is 0 Å². The number of nitrogens with one attached hydrogen (secondary N) is 1. The van der Waals surface area contributed by atoms with Crippen LogP contribution in [-0.2, 0) is 14.3 Å². The lowest BCUT2D eigenvalue weighted by Gasteiger charge is -2.33. The second-order valence-corrected chi connectivity index (χ2v) is 6.62. The number of carbonyl (C=O) groups excluding carboxylic acids is 1. The second-order valence-electron chi connectivity index (χ2n) is 6.62. The Morgan fingerprint density at radius 1 is 0.955 bits per heavy atom. The summed E-state index contributed by atoms with van der Waals surface area (Å²) in [7, 11) is 3.39. The maximum atomic E-state index is 12.3. The average Bonchev–Trinajstić information content (AvgIpc) is 2.59. The molecule has 2 fully saturated rings. The van der Waals surface area contributed by atoms with Crippen LogP contribution in [0.15, 0.2) is 5.10 Å². The SMILES string of the molecule is COC1CCC(C(=O)N/N=C(\C)C2CCCCC2)CC1OC. The molecular formula is C17H30N2O3. The standard InChI is InChI=1S/C17H30N2O3/c1-12(13-7-5-4-6-8-13)18-19-17(20)14-9-10-15(21-2)16(11-14)22-3/h13-16H,4-11H2,1-3H3,(H,19,20)/b18-12+. The largest absolute Gasteiger partial charge is 0.379 e. The Kier molecular flexibility index (Phi) is 6.83. The molecule has 0 aromatic rings. The molecule has 0 aromatic heterocycles. The molecule has 2 aliphatic carbocycles. The van der Waals surface area contributed by atoms with Gasteiger partial charge in [-0.05, 0) is 44.9 Å². The zero-order chi connectivity index (χ0) is 15.9. The molecule has 0 spiro atoms.